The van der Waals surface area contributed by atoms with Crippen molar-refractivity contribution in [3.63, 3.8) is 0 Å². The van der Waals surface area contributed by atoms with E-state index in [1.165, 1.54) is 0 Å². The minimum Gasteiger partial charge on any atom is -0.446 e. The summed E-state index contributed by atoms with van der Waals surface area (Å²) in [5.74, 6) is 0. The zero-order valence-electron chi connectivity index (χ0n) is 12.3. The van der Waals surface area contributed by atoms with Crippen molar-refractivity contribution in [2.24, 2.45) is 0 Å². The van der Waals surface area contributed by atoms with Crippen molar-refractivity contribution < 1.29 is 9.53 Å². The molecule has 1 amide bonds. The Morgan fingerprint density at radius 2 is 1.41 bits per heavy atom. The third kappa shape index (κ3) is 5.94. The Kier molecular flexibility index (Phi) is 8.01. The molecule has 0 spiro atoms. The molecule has 3 heteroatoms. The Morgan fingerprint density at radius 3 is 1.71 bits per heavy atom. The van der Waals surface area contributed by atoms with Gasteiger partial charge in [0, 0.05) is 12.1 Å². The number of carbonyl (C=O) groups excluding carboxylic acids is 1. The highest BCUT2D eigenvalue weighted by atomic mass is 16.6. The first kappa shape index (κ1) is 16.3. The highest BCUT2D eigenvalue weighted by Crippen LogP contribution is 2.14. The quantitative estimate of drug-likeness (QED) is 0.670. The van der Waals surface area contributed by atoms with Crippen LogP contribution in [0.4, 0.5) is 4.79 Å². The van der Waals surface area contributed by atoms with Gasteiger partial charge in [-0.2, -0.15) is 0 Å². The Balaban J connectivity index is 4.44. The minimum absolute atomic E-state index is 0.0810. The monoisotopic (exact) mass is 243 g/mol. The lowest BCUT2D eigenvalue weighted by molar-refractivity contribution is 0.0384. The van der Waals surface area contributed by atoms with E-state index in [-0.39, 0.29) is 24.3 Å². The van der Waals surface area contributed by atoms with Gasteiger partial charge in [-0.05, 0) is 40.5 Å². The molecule has 0 radical (unpaired) electrons. The van der Waals surface area contributed by atoms with Crippen LogP contribution in [0, 0.1) is 0 Å². The van der Waals surface area contributed by atoms with Gasteiger partial charge in [0.1, 0.15) is 6.10 Å². The molecule has 0 aromatic rings. The molecule has 0 rings (SSSR count). The van der Waals surface area contributed by atoms with Gasteiger partial charge in [0.05, 0.1) is 0 Å². The molecular weight excluding hydrogens is 214 g/mol. The summed E-state index contributed by atoms with van der Waals surface area (Å²) < 4.78 is 5.60. The topological polar surface area (TPSA) is 29.5 Å². The van der Waals surface area contributed by atoms with Crippen molar-refractivity contribution >= 4 is 6.09 Å². The van der Waals surface area contributed by atoms with Crippen LogP contribution in [0.5, 0.6) is 0 Å². The summed E-state index contributed by atoms with van der Waals surface area (Å²) in [4.78, 5) is 13.9. The first-order valence-corrected chi connectivity index (χ1v) is 6.92. The largest absolute Gasteiger partial charge is 0.446 e. The molecule has 3 nitrogen and oxygen atoms in total. The van der Waals surface area contributed by atoms with Crippen LogP contribution < -0.4 is 0 Å². The number of hydrogen-bond acceptors (Lipinski definition) is 2. The highest BCUT2D eigenvalue weighted by molar-refractivity contribution is 5.68. The van der Waals surface area contributed by atoms with E-state index in [9.17, 15) is 4.79 Å². The van der Waals surface area contributed by atoms with Gasteiger partial charge in [-0.15, -0.1) is 0 Å². The third-order valence-electron chi connectivity index (χ3n) is 2.81. The molecule has 0 aromatic heterocycles. The van der Waals surface area contributed by atoms with E-state index in [2.05, 4.69) is 13.8 Å². The minimum atomic E-state index is -0.165. The first-order valence-electron chi connectivity index (χ1n) is 6.92. The molecule has 0 unspecified atom stereocenters. The molecule has 102 valence electrons. The average molecular weight is 243 g/mol. The predicted molar refractivity (Wildman–Crippen MR) is 72.2 cm³/mol. The summed E-state index contributed by atoms with van der Waals surface area (Å²) in [5, 5.41) is 0. The van der Waals surface area contributed by atoms with Gasteiger partial charge in [-0.1, -0.05) is 26.7 Å². The van der Waals surface area contributed by atoms with Crippen molar-refractivity contribution in [2.45, 2.75) is 85.4 Å². The molecule has 0 saturated carbocycles. The molecule has 0 aliphatic heterocycles. The van der Waals surface area contributed by atoms with E-state index in [1.54, 1.807) is 4.90 Å². The molecule has 0 fully saturated rings. The number of ether oxygens (including phenoxy) is 1. The summed E-state index contributed by atoms with van der Waals surface area (Å²) in [6.07, 6.45) is 3.95. The number of carbonyl (C=O) groups is 1. The lowest BCUT2D eigenvalue weighted by Crippen LogP contribution is -2.43. The van der Waals surface area contributed by atoms with Gasteiger partial charge in [0.15, 0.2) is 0 Å². The fourth-order valence-corrected chi connectivity index (χ4v) is 2.13. The van der Waals surface area contributed by atoms with Crippen molar-refractivity contribution in [2.75, 3.05) is 0 Å². The summed E-state index contributed by atoms with van der Waals surface area (Å²) in [6, 6.07) is 0.373. The molecule has 0 heterocycles. The first-order chi connectivity index (χ1) is 7.93. The standard InChI is InChI=1S/C14H29NO2/c1-7-9-13(10-8-2)17-14(16)15(11(3)4)12(5)6/h11-13H,7-10H2,1-6H3. The van der Waals surface area contributed by atoms with E-state index in [0.717, 1.165) is 25.7 Å². The molecule has 17 heavy (non-hydrogen) atoms. The van der Waals surface area contributed by atoms with Crippen LogP contribution >= 0.6 is 0 Å². The summed E-state index contributed by atoms with van der Waals surface area (Å²) >= 11 is 0. The molecule has 0 aliphatic carbocycles. The summed E-state index contributed by atoms with van der Waals surface area (Å²) in [7, 11) is 0. The average Bonchev–Trinajstić information content (AvgIpc) is 2.16. The zero-order chi connectivity index (χ0) is 13.4. The fraction of sp³-hybridized carbons (Fsp3) is 0.929. The van der Waals surface area contributed by atoms with Crippen molar-refractivity contribution in [1.82, 2.24) is 4.90 Å². The Bertz CT molecular complexity index is 200. The van der Waals surface area contributed by atoms with E-state index >= 15 is 0 Å². The van der Waals surface area contributed by atoms with Crippen LogP contribution in [0.25, 0.3) is 0 Å². The molecule has 0 N–H and O–H groups in total. The maximum atomic E-state index is 12.1. The van der Waals surface area contributed by atoms with E-state index in [4.69, 9.17) is 4.74 Å². The second-order valence-electron chi connectivity index (χ2n) is 5.18. The molecule has 0 aliphatic rings. The van der Waals surface area contributed by atoms with Crippen LogP contribution in [0.1, 0.15) is 67.2 Å². The van der Waals surface area contributed by atoms with Gasteiger partial charge in [0.2, 0.25) is 0 Å². The maximum absolute atomic E-state index is 12.1. The van der Waals surface area contributed by atoms with Gasteiger partial charge in [-0.3, -0.25) is 0 Å². The zero-order valence-corrected chi connectivity index (χ0v) is 12.3. The van der Waals surface area contributed by atoms with Gasteiger partial charge in [0.25, 0.3) is 0 Å². The smallest absolute Gasteiger partial charge is 0.410 e. The van der Waals surface area contributed by atoms with Crippen molar-refractivity contribution in [1.29, 1.82) is 0 Å². The Morgan fingerprint density at radius 1 is 1.00 bits per heavy atom. The highest BCUT2D eigenvalue weighted by Gasteiger charge is 2.23. The van der Waals surface area contributed by atoms with Gasteiger partial charge < -0.3 is 9.64 Å². The lowest BCUT2D eigenvalue weighted by Gasteiger charge is -2.31. The van der Waals surface area contributed by atoms with Crippen LogP contribution in [0.15, 0.2) is 0 Å². The second-order valence-corrected chi connectivity index (χ2v) is 5.18. The van der Waals surface area contributed by atoms with Crippen molar-refractivity contribution in [3.8, 4) is 0 Å². The number of amides is 1. The second kappa shape index (κ2) is 8.37. The SMILES string of the molecule is CCCC(CCC)OC(=O)N(C(C)C)C(C)C. The van der Waals surface area contributed by atoms with Crippen LogP contribution in [0.3, 0.4) is 0 Å². The maximum Gasteiger partial charge on any atom is 0.410 e. The Labute approximate surface area is 107 Å². The number of hydrogen-bond donors (Lipinski definition) is 0. The number of rotatable bonds is 7. The van der Waals surface area contributed by atoms with E-state index in [0.29, 0.717) is 0 Å². The molecule has 0 saturated heterocycles. The van der Waals surface area contributed by atoms with Crippen LogP contribution in [0.2, 0.25) is 0 Å². The molecule has 0 bridgehead atoms. The van der Waals surface area contributed by atoms with Gasteiger partial charge >= 0.3 is 6.09 Å². The summed E-state index contributed by atoms with van der Waals surface area (Å²) in [5.41, 5.74) is 0. The van der Waals surface area contributed by atoms with Crippen LogP contribution in [-0.2, 0) is 4.74 Å². The number of nitrogens with zero attached hydrogens (tertiary/aromatic N) is 1. The fourth-order valence-electron chi connectivity index (χ4n) is 2.13. The van der Waals surface area contributed by atoms with E-state index < -0.39 is 0 Å². The normalized spacial score (nSPS) is 11.4. The van der Waals surface area contributed by atoms with Crippen molar-refractivity contribution in [3.05, 3.63) is 0 Å². The predicted octanol–water partition coefficient (Wildman–Crippen LogP) is 4.21. The molecule has 0 atom stereocenters. The molecule has 0 aromatic carbocycles. The van der Waals surface area contributed by atoms with Crippen LogP contribution in [-0.4, -0.2) is 29.2 Å². The molecular formula is C14H29NO2. The lowest BCUT2D eigenvalue weighted by atomic mass is 10.1. The summed E-state index contributed by atoms with van der Waals surface area (Å²) in [6.45, 7) is 12.3. The van der Waals surface area contributed by atoms with Gasteiger partial charge in [-0.25, -0.2) is 4.79 Å². The Hall–Kier alpha value is -0.730. The third-order valence-corrected chi connectivity index (χ3v) is 2.81. The van der Waals surface area contributed by atoms with E-state index in [1.807, 2.05) is 27.7 Å².